The highest BCUT2D eigenvalue weighted by Crippen LogP contribution is 2.26. The summed E-state index contributed by atoms with van der Waals surface area (Å²) in [6.45, 7) is 4.44. The maximum Gasteiger partial charge on any atom is 0.0468 e. The van der Waals surface area contributed by atoms with Crippen LogP contribution in [0, 0.1) is 11.8 Å². The summed E-state index contributed by atoms with van der Waals surface area (Å²) in [5.74, 6) is 1.90. The van der Waals surface area contributed by atoms with Crippen LogP contribution in [-0.4, -0.2) is 26.3 Å². The molecule has 1 saturated carbocycles. The molecule has 1 heterocycles. The van der Waals surface area contributed by atoms with Gasteiger partial charge in [-0.1, -0.05) is 32.1 Å². The van der Waals surface area contributed by atoms with E-state index >= 15 is 0 Å². The first-order chi connectivity index (χ1) is 8.45. The molecule has 100 valence electrons. The summed E-state index contributed by atoms with van der Waals surface area (Å²) in [7, 11) is 0. The highest BCUT2D eigenvalue weighted by molar-refractivity contribution is 4.68. The Morgan fingerprint density at radius 3 is 2.00 bits per heavy atom. The topological polar surface area (TPSA) is 21.3 Å². The number of piperidine rings is 1. The molecule has 0 spiro atoms. The van der Waals surface area contributed by atoms with E-state index in [1.54, 1.807) is 0 Å². The van der Waals surface area contributed by atoms with Crippen LogP contribution in [0.3, 0.4) is 0 Å². The van der Waals surface area contributed by atoms with Gasteiger partial charge in [0, 0.05) is 13.2 Å². The van der Waals surface area contributed by atoms with Crippen molar-refractivity contribution in [2.75, 3.05) is 26.3 Å². The fourth-order valence-corrected chi connectivity index (χ4v) is 3.25. The molecule has 0 amide bonds. The van der Waals surface area contributed by atoms with Crippen molar-refractivity contribution in [1.82, 2.24) is 5.32 Å². The van der Waals surface area contributed by atoms with E-state index in [9.17, 15) is 0 Å². The van der Waals surface area contributed by atoms with Crippen LogP contribution in [0.2, 0.25) is 0 Å². The molecule has 2 heteroatoms. The Hall–Kier alpha value is -0.0800. The summed E-state index contributed by atoms with van der Waals surface area (Å²) in [6.07, 6.45) is 12.6. The van der Waals surface area contributed by atoms with E-state index in [1.807, 2.05) is 0 Å². The molecule has 1 aliphatic heterocycles. The molecule has 1 N–H and O–H groups in total. The van der Waals surface area contributed by atoms with Crippen molar-refractivity contribution in [2.45, 2.75) is 57.8 Å². The average Bonchev–Trinajstić information content (AvgIpc) is 2.41. The molecule has 0 aromatic rings. The zero-order valence-corrected chi connectivity index (χ0v) is 11.3. The Labute approximate surface area is 107 Å². The second-order valence-electron chi connectivity index (χ2n) is 5.89. The van der Waals surface area contributed by atoms with Crippen LogP contribution in [-0.2, 0) is 4.74 Å². The van der Waals surface area contributed by atoms with Crippen LogP contribution in [0.15, 0.2) is 0 Å². The van der Waals surface area contributed by atoms with Crippen molar-refractivity contribution < 1.29 is 4.74 Å². The van der Waals surface area contributed by atoms with Crippen molar-refractivity contribution in [3.8, 4) is 0 Å². The molecular weight excluding hydrogens is 210 g/mol. The van der Waals surface area contributed by atoms with E-state index in [-0.39, 0.29) is 0 Å². The summed E-state index contributed by atoms with van der Waals surface area (Å²) < 4.78 is 5.82. The van der Waals surface area contributed by atoms with E-state index in [0.717, 1.165) is 25.0 Å². The van der Waals surface area contributed by atoms with Crippen LogP contribution in [0.4, 0.5) is 0 Å². The van der Waals surface area contributed by atoms with Gasteiger partial charge in [0.1, 0.15) is 0 Å². The van der Waals surface area contributed by atoms with E-state index in [2.05, 4.69) is 5.32 Å². The lowest BCUT2D eigenvalue weighted by molar-refractivity contribution is 0.0982. The molecule has 2 rings (SSSR count). The van der Waals surface area contributed by atoms with Crippen LogP contribution in [0.1, 0.15) is 57.8 Å². The van der Waals surface area contributed by atoms with Gasteiger partial charge in [0.15, 0.2) is 0 Å². The second kappa shape index (κ2) is 8.10. The number of ether oxygens (including phenoxy) is 1. The van der Waals surface area contributed by atoms with Gasteiger partial charge in [-0.15, -0.1) is 0 Å². The molecule has 0 bridgehead atoms. The quantitative estimate of drug-likeness (QED) is 0.718. The lowest BCUT2D eigenvalue weighted by Crippen LogP contribution is -2.28. The zero-order valence-electron chi connectivity index (χ0n) is 11.3. The van der Waals surface area contributed by atoms with Gasteiger partial charge in [-0.3, -0.25) is 0 Å². The first-order valence-corrected chi connectivity index (χ1v) is 7.73. The fraction of sp³-hybridized carbons (Fsp3) is 1.00. The van der Waals surface area contributed by atoms with E-state index < -0.39 is 0 Å². The molecule has 2 nitrogen and oxygen atoms in total. The molecule has 0 atom stereocenters. The largest absolute Gasteiger partial charge is 0.381 e. The third kappa shape index (κ3) is 5.39. The summed E-state index contributed by atoms with van der Waals surface area (Å²) >= 11 is 0. The molecule has 0 radical (unpaired) electrons. The summed E-state index contributed by atoms with van der Waals surface area (Å²) in [6, 6.07) is 0. The third-order valence-corrected chi connectivity index (χ3v) is 4.52. The second-order valence-corrected chi connectivity index (χ2v) is 5.89. The van der Waals surface area contributed by atoms with Crippen molar-refractivity contribution in [1.29, 1.82) is 0 Å². The monoisotopic (exact) mass is 239 g/mol. The molecule has 2 aliphatic rings. The minimum absolute atomic E-state index is 0.922. The van der Waals surface area contributed by atoms with Crippen molar-refractivity contribution in [2.24, 2.45) is 11.8 Å². The molecule has 0 aromatic heterocycles. The summed E-state index contributed by atoms with van der Waals surface area (Å²) in [4.78, 5) is 0. The van der Waals surface area contributed by atoms with Gasteiger partial charge in [-0.05, 0) is 50.6 Å². The van der Waals surface area contributed by atoms with E-state index in [4.69, 9.17) is 4.74 Å². The zero-order chi connectivity index (χ0) is 11.8. The highest BCUT2D eigenvalue weighted by atomic mass is 16.5. The molecule has 0 aromatic carbocycles. The Bertz CT molecular complexity index is 163. The fourth-order valence-electron chi connectivity index (χ4n) is 3.25. The van der Waals surface area contributed by atoms with Gasteiger partial charge in [-0.2, -0.15) is 0 Å². The van der Waals surface area contributed by atoms with E-state index in [1.165, 1.54) is 70.9 Å². The lowest BCUT2D eigenvalue weighted by Gasteiger charge is -2.23. The smallest absolute Gasteiger partial charge is 0.0468 e. The molecular formula is C15H29NO. The number of rotatable bonds is 6. The normalized spacial score (nSPS) is 24.0. The van der Waals surface area contributed by atoms with Crippen LogP contribution in [0.5, 0.6) is 0 Å². The number of hydrogen-bond acceptors (Lipinski definition) is 2. The maximum atomic E-state index is 5.82. The number of nitrogens with one attached hydrogen (secondary N) is 1. The predicted molar refractivity (Wildman–Crippen MR) is 72.2 cm³/mol. The van der Waals surface area contributed by atoms with Gasteiger partial charge >= 0.3 is 0 Å². The van der Waals surface area contributed by atoms with Crippen LogP contribution >= 0.6 is 0 Å². The minimum Gasteiger partial charge on any atom is -0.381 e. The Morgan fingerprint density at radius 2 is 1.35 bits per heavy atom. The Balaban J connectivity index is 1.42. The predicted octanol–water partition coefficient (Wildman–Crippen LogP) is 3.36. The minimum atomic E-state index is 0.922. The molecule has 17 heavy (non-hydrogen) atoms. The van der Waals surface area contributed by atoms with Crippen molar-refractivity contribution in [3.63, 3.8) is 0 Å². The van der Waals surface area contributed by atoms with Crippen LogP contribution < -0.4 is 5.32 Å². The van der Waals surface area contributed by atoms with Crippen molar-refractivity contribution >= 4 is 0 Å². The van der Waals surface area contributed by atoms with Gasteiger partial charge in [0.05, 0.1) is 0 Å². The molecule has 1 saturated heterocycles. The first kappa shape index (κ1) is 13.4. The molecule has 1 aliphatic carbocycles. The standard InChI is InChI=1S/C15H29NO/c1-2-4-14(5-3-1)8-12-17-13-9-15-6-10-16-11-7-15/h14-16H,1-13H2. The first-order valence-electron chi connectivity index (χ1n) is 7.73. The van der Waals surface area contributed by atoms with Gasteiger partial charge in [-0.25, -0.2) is 0 Å². The van der Waals surface area contributed by atoms with E-state index in [0.29, 0.717) is 0 Å². The Kier molecular flexibility index (Phi) is 6.36. The average molecular weight is 239 g/mol. The maximum absolute atomic E-state index is 5.82. The summed E-state index contributed by atoms with van der Waals surface area (Å²) in [5.41, 5.74) is 0. The van der Waals surface area contributed by atoms with Crippen LogP contribution in [0.25, 0.3) is 0 Å². The highest BCUT2D eigenvalue weighted by Gasteiger charge is 2.14. The molecule has 2 fully saturated rings. The van der Waals surface area contributed by atoms with Gasteiger partial charge in [0.25, 0.3) is 0 Å². The van der Waals surface area contributed by atoms with Gasteiger partial charge in [0.2, 0.25) is 0 Å². The van der Waals surface area contributed by atoms with Gasteiger partial charge < -0.3 is 10.1 Å². The molecule has 0 unspecified atom stereocenters. The lowest BCUT2D eigenvalue weighted by atomic mass is 9.87. The Morgan fingerprint density at radius 1 is 0.765 bits per heavy atom. The third-order valence-electron chi connectivity index (χ3n) is 4.52. The number of hydrogen-bond donors (Lipinski definition) is 1. The summed E-state index contributed by atoms with van der Waals surface area (Å²) in [5, 5.41) is 3.42. The SMILES string of the molecule is C1CCC(CCOCCC2CCNCC2)CC1. The van der Waals surface area contributed by atoms with Crippen molar-refractivity contribution in [3.05, 3.63) is 0 Å².